The van der Waals surface area contributed by atoms with Crippen molar-refractivity contribution < 1.29 is 4.74 Å². The zero-order valence-electron chi connectivity index (χ0n) is 10.2. The molecule has 0 saturated heterocycles. The second kappa shape index (κ2) is 5.01. The normalized spacial score (nSPS) is 10.5. The number of aromatic nitrogens is 2. The molecule has 0 atom stereocenters. The van der Waals surface area contributed by atoms with Gasteiger partial charge in [-0.3, -0.25) is 0 Å². The van der Waals surface area contributed by atoms with Gasteiger partial charge in [0.15, 0.2) is 0 Å². The van der Waals surface area contributed by atoms with Gasteiger partial charge in [-0.1, -0.05) is 6.07 Å². The van der Waals surface area contributed by atoms with Crippen LogP contribution in [0.15, 0.2) is 30.6 Å². The summed E-state index contributed by atoms with van der Waals surface area (Å²) in [5.74, 6) is 1.86. The molecule has 1 aromatic heterocycles. The van der Waals surface area contributed by atoms with Gasteiger partial charge in [0.25, 0.3) is 0 Å². The molecule has 4 heteroatoms. The van der Waals surface area contributed by atoms with Crippen molar-refractivity contribution >= 4 is 0 Å². The van der Waals surface area contributed by atoms with Crippen molar-refractivity contribution in [1.82, 2.24) is 9.55 Å². The topological polar surface area (TPSA) is 53.1 Å². The minimum absolute atomic E-state index is 0.486. The van der Waals surface area contributed by atoms with E-state index < -0.39 is 0 Å². The van der Waals surface area contributed by atoms with Gasteiger partial charge >= 0.3 is 0 Å². The van der Waals surface area contributed by atoms with Gasteiger partial charge in [0.2, 0.25) is 0 Å². The summed E-state index contributed by atoms with van der Waals surface area (Å²) in [4.78, 5) is 4.20. The van der Waals surface area contributed by atoms with Gasteiger partial charge in [0.1, 0.15) is 11.6 Å². The molecule has 0 aliphatic carbocycles. The molecule has 0 bridgehead atoms. The van der Waals surface area contributed by atoms with Gasteiger partial charge in [-0.25, -0.2) is 4.98 Å². The van der Waals surface area contributed by atoms with Crippen LogP contribution in [0.5, 0.6) is 5.75 Å². The number of rotatable bonds is 4. The smallest absolute Gasteiger partial charge is 0.123 e. The minimum Gasteiger partial charge on any atom is -0.496 e. The van der Waals surface area contributed by atoms with Gasteiger partial charge in [-0.05, 0) is 24.6 Å². The highest BCUT2D eigenvalue weighted by molar-refractivity contribution is 5.37. The van der Waals surface area contributed by atoms with E-state index in [1.807, 2.05) is 25.4 Å². The average molecular weight is 231 g/mol. The molecule has 0 radical (unpaired) electrons. The fourth-order valence-electron chi connectivity index (χ4n) is 1.86. The van der Waals surface area contributed by atoms with E-state index in [1.165, 1.54) is 5.56 Å². The zero-order chi connectivity index (χ0) is 12.3. The summed E-state index contributed by atoms with van der Waals surface area (Å²) in [7, 11) is 1.66. The number of nitrogens with zero attached hydrogens (tertiary/aromatic N) is 2. The summed E-state index contributed by atoms with van der Waals surface area (Å²) in [6.45, 7) is 3.29. The predicted molar refractivity (Wildman–Crippen MR) is 67.0 cm³/mol. The van der Waals surface area contributed by atoms with Crippen LogP contribution in [0, 0.1) is 6.92 Å². The monoisotopic (exact) mass is 231 g/mol. The molecule has 2 rings (SSSR count). The summed E-state index contributed by atoms with van der Waals surface area (Å²) >= 11 is 0. The Bertz CT molecular complexity index is 505. The zero-order valence-corrected chi connectivity index (χ0v) is 10.2. The third-order valence-corrected chi connectivity index (χ3v) is 2.84. The van der Waals surface area contributed by atoms with Crippen LogP contribution in [-0.4, -0.2) is 16.7 Å². The number of imidazole rings is 1. The van der Waals surface area contributed by atoms with Crippen molar-refractivity contribution in [2.75, 3.05) is 7.11 Å². The van der Waals surface area contributed by atoms with E-state index >= 15 is 0 Å². The van der Waals surface area contributed by atoms with E-state index in [4.69, 9.17) is 10.5 Å². The lowest BCUT2D eigenvalue weighted by Crippen LogP contribution is -2.04. The molecule has 90 valence electrons. The molecule has 1 heterocycles. The summed E-state index contributed by atoms with van der Waals surface area (Å²) in [6.07, 6.45) is 3.78. The third-order valence-electron chi connectivity index (χ3n) is 2.84. The van der Waals surface area contributed by atoms with Gasteiger partial charge in [-0.15, -0.1) is 0 Å². The minimum atomic E-state index is 0.486. The van der Waals surface area contributed by atoms with Crippen molar-refractivity contribution in [3.8, 4) is 5.75 Å². The average Bonchev–Trinajstić information content (AvgIpc) is 2.75. The second-order valence-corrected chi connectivity index (χ2v) is 3.95. The maximum absolute atomic E-state index is 5.70. The van der Waals surface area contributed by atoms with Crippen LogP contribution in [0.4, 0.5) is 0 Å². The highest BCUT2D eigenvalue weighted by Crippen LogP contribution is 2.20. The Morgan fingerprint density at radius 1 is 1.41 bits per heavy atom. The lowest BCUT2D eigenvalue weighted by molar-refractivity contribution is 0.409. The Kier molecular flexibility index (Phi) is 3.44. The van der Waals surface area contributed by atoms with Crippen LogP contribution in [0.25, 0.3) is 0 Å². The number of benzene rings is 1. The maximum atomic E-state index is 5.70. The summed E-state index contributed by atoms with van der Waals surface area (Å²) < 4.78 is 7.35. The standard InChI is InChI=1S/C13H17N3O/c1-10-15-5-6-16(10)9-11-3-4-13(17-2)12(7-11)8-14/h3-7H,8-9,14H2,1-2H3. The van der Waals surface area contributed by atoms with E-state index in [9.17, 15) is 0 Å². The van der Waals surface area contributed by atoms with Gasteiger partial charge in [-0.2, -0.15) is 0 Å². The Morgan fingerprint density at radius 3 is 2.82 bits per heavy atom. The van der Waals surface area contributed by atoms with Gasteiger partial charge < -0.3 is 15.0 Å². The Hall–Kier alpha value is -1.81. The number of hydrogen-bond donors (Lipinski definition) is 1. The first-order chi connectivity index (χ1) is 8.24. The first-order valence-electron chi connectivity index (χ1n) is 5.58. The first kappa shape index (κ1) is 11.7. The summed E-state index contributed by atoms with van der Waals surface area (Å²) in [5.41, 5.74) is 7.93. The van der Waals surface area contributed by atoms with E-state index in [0.29, 0.717) is 6.54 Å². The molecule has 0 fully saturated rings. The molecular formula is C13H17N3O. The molecule has 2 aromatic rings. The van der Waals surface area contributed by atoms with E-state index in [-0.39, 0.29) is 0 Å². The number of nitrogens with two attached hydrogens (primary N) is 1. The number of hydrogen-bond acceptors (Lipinski definition) is 3. The van der Waals surface area contributed by atoms with E-state index in [2.05, 4.69) is 21.7 Å². The van der Waals surface area contributed by atoms with Crippen LogP contribution < -0.4 is 10.5 Å². The predicted octanol–water partition coefficient (Wildman–Crippen LogP) is 1.71. The fraction of sp³-hybridized carbons (Fsp3) is 0.308. The maximum Gasteiger partial charge on any atom is 0.123 e. The molecule has 0 aliphatic heterocycles. The molecule has 0 saturated carbocycles. The quantitative estimate of drug-likeness (QED) is 0.871. The van der Waals surface area contributed by atoms with Gasteiger partial charge in [0, 0.05) is 31.0 Å². The lowest BCUT2D eigenvalue weighted by Gasteiger charge is -2.10. The third kappa shape index (κ3) is 2.47. The molecule has 4 nitrogen and oxygen atoms in total. The van der Waals surface area contributed by atoms with Crippen LogP contribution >= 0.6 is 0 Å². The van der Waals surface area contributed by atoms with Crippen LogP contribution in [0.2, 0.25) is 0 Å². The highest BCUT2D eigenvalue weighted by atomic mass is 16.5. The largest absolute Gasteiger partial charge is 0.496 e. The molecule has 0 amide bonds. The van der Waals surface area contributed by atoms with Crippen LogP contribution in [-0.2, 0) is 13.1 Å². The number of ether oxygens (including phenoxy) is 1. The van der Waals surface area contributed by atoms with E-state index in [0.717, 1.165) is 23.7 Å². The van der Waals surface area contributed by atoms with Crippen molar-refractivity contribution in [3.63, 3.8) is 0 Å². The fourth-order valence-corrected chi connectivity index (χ4v) is 1.86. The molecule has 0 unspecified atom stereocenters. The SMILES string of the molecule is COc1ccc(Cn2ccnc2C)cc1CN. The lowest BCUT2D eigenvalue weighted by atomic mass is 10.1. The molecule has 2 N–H and O–H groups in total. The molecule has 17 heavy (non-hydrogen) atoms. The number of aryl methyl sites for hydroxylation is 1. The Labute approximate surface area is 101 Å². The first-order valence-corrected chi connectivity index (χ1v) is 5.58. The summed E-state index contributed by atoms with van der Waals surface area (Å²) in [5, 5.41) is 0. The Balaban J connectivity index is 2.25. The second-order valence-electron chi connectivity index (χ2n) is 3.95. The van der Waals surface area contributed by atoms with Crippen molar-refractivity contribution in [2.24, 2.45) is 5.73 Å². The Morgan fingerprint density at radius 2 is 2.24 bits per heavy atom. The van der Waals surface area contributed by atoms with Crippen LogP contribution in [0.3, 0.4) is 0 Å². The van der Waals surface area contributed by atoms with Crippen molar-refractivity contribution in [2.45, 2.75) is 20.0 Å². The number of methoxy groups -OCH3 is 1. The van der Waals surface area contributed by atoms with Gasteiger partial charge in [0.05, 0.1) is 7.11 Å². The molecule has 0 spiro atoms. The van der Waals surface area contributed by atoms with E-state index in [1.54, 1.807) is 7.11 Å². The van der Waals surface area contributed by atoms with Crippen molar-refractivity contribution in [3.05, 3.63) is 47.5 Å². The highest BCUT2D eigenvalue weighted by Gasteiger charge is 2.04. The molecular weight excluding hydrogens is 214 g/mol. The van der Waals surface area contributed by atoms with Crippen molar-refractivity contribution in [1.29, 1.82) is 0 Å². The summed E-state index contributed by atoms with van der Waals surface area (Å²) in [6, 6.07) is 6.10. The van der Waals surface area contributed by atoms with Crippen LogP contribution in [0.1, 0.15) is 17.0 Å². The molecule has 1 aromatic carbocycles. The molecule has 0 aliphatic rings.